The number of nitrogens with zero attached hydrogens (tertiary/aromatic N) is 1. The van der Waals surface area contributed by atoms with Crippen LogP contribution in [0.3, 0.4) is 0 Å². The van der Waals surface area contributed by atoms with Crippen LogP contribution in [0.5, 0.6) is 5.75 Å². The van der Waals surface area contributed by atoms with Crippen molar-refractivity contribution in [3.63, 3.8) is 0 Å². The standard InChI is InChI=1S/C17H19N3O2/c1-13-5-3-4-6-16(13)18-12-17(21)20-19-11-14-7-9-15(22-2)10-8-14/h3-11,18H,12H2,1-2H3,(H,20,21). The summed E-state index contributed by atoms with van der Waals surface area (Å²) in [6.45, 7) is 2.16. The molecule has 0 heterocycles. The van der Waals surface area contributed by atoms with Crippen molar-refractivity contribution in [2.45, 2.75) is 6.92 Å². The number of methoxy groups -OCH3 is 1. The maximum Gasteiger partial charge on any atom is 0.259 e. The van der Waals surface area contributed by atoms with E-state index in [1.807, 2.05) is 55.5 Å². The zero-order valence-electron chi connectivity index (χ0n) is 12.7. The maximum atomic E-state index is 11.7. The van der Waals surface area contributed by atoms with Crippen LogP contribution in [-0.4, -0.2) is 25.8 Å². The number of amides is 1. The molecule has 0 atom stereocenters. The van der Waals surface area contributed by atoms with Crippen LogP contribution >= 0.6 is 0 Å². The molecule has 0 aliphatic heterocycles. The highest BCUT2D eigenvalue weighted by atomic mass is 16.5. The first kappa shape index (κ1) is 15.6. The molecule has 114 valence electrons. The molecule has 0 aromatic heterocycles. The third-order valence-corrected chi connectivity index (χ3v) is 3.10. The topological polar surface area (TPSA) is 62.7 Å². The van der Waals surface area contributed by atoms with Crippen LogP contribution in [0, 0.1) is 6.92 Å². The first-order chi connectivity index (χ1) is 10.7. The van der Waals surface area contributed by atoms with Crippen LogP contribution in [0.2, 0.25) is 0 Å². The van der Waals surface area contributed by atoms with Gasteiger partial charge >= 0.3 is 0 Å². The third kappa shape index (κ3) is 4.63. The van der Waals surface area contributed by atoms with Crippen LogP contribution in [-0.2, 0) is 4.79 Å². The van der Waals surface area contributed by atoms with E-state index in [2.05, 4.69) is 15.8 Å². The Hall–Kier alpha value is -2.82. The molecule has 0 bridgehead atoms. The van der Waals surface area contributed by atoms with E-state index in [0.29, 0.717) is 0 Å². The van der Waals surface area contributed by atoms with Gasteiger partial charge in [0.05, 0.1) is 19.9 Å². The highest BCUT2D eigenvalue weighted by Gasteiger charge is 2.01. The summed E-state index contributed by atoms with van der Waals surface area (Å²) < 4.78 is 5.07. The number of benzene rings is 2. The Morgan fingerprint density at radius 3 is 2.59 bits per heavy atom. The minimum absolute atomic E-state index is 0.171. The lowest BCUT2D eigenvalue weighted by atomic mass is 10.2. The van der Waals surface area contributed by atoms with Gasteiger partial charge in [-0.05, 0) is 48.4 Å². The zero-order chi connectivity index (χ0) is 15.8. The Labute approximate surface area is 130 Å². The average molecular weight is 297 g/mol. The van der Waals surface area contributed by atoms with E-state index in [9.17, 15) is 4.79 Å². The highest BCUT2D eigenvalue weighted by molar-refractivity contribution is 5.84. The predicted molar refractivity (Wildman–Crippen MR) is 88.4 cm³/mol. The van der Waals surface area contributed by atoms with Crippen molar-refractivity contribution in [2.24, 2.45) is 5.10 Å². The normalized spacial score (nSPS) is 10.5. The Kier molecular flexibility index (Phi) is 5.54. The van der Waals surface area contributed by atoms with E-state index < -0.39 is 0 Å². The summed E-state index contributed by atoms with van der Waals surface area (Å²) in [5.41, 5.74) is 5.40. The molecule has 2 aromatic carbocycles. The number of aryl methyl sites for hydroxylation is 1. The van der Waals surface area contributed by atoms with Gasteiger partial charge in [-0.25, -0.2) is 5.43 Å². The van der Waals surface area contributed by atoms with Crippen LogP contribution < -0.4 is 15.5 Å². The van der Waals surface area contributed by atoms with Gasteiger partial charge in [0, 0.05) is 5.69 Å². The van der Waals surface area contributed by atoms with Crippen LogP contribution in [0.15, 0.2) is 53.6 Å². The molecule has 5 nitrogen and oxygen atoms in total. The summed E-state index contributed by atoms with van der Waals surface area (Å²) in [4.78, 5) is 11.7. The van der Waals surface area contributed by atoms with Gasteiger partial charge in [0.1, 0.15) is 5.75 Å². The van der Waals surface area contributed by atoms with Gasteiger partial charge in [0.15, 0.2) is 0 Å². The summed E-state index contributed by atoms with van der Waals surface area (Å²) in [6, 6.07) is 15.2. The first-order valence-electron chi connectivity index (χ1n) is 6.94. The smallest absolute Gasteiger partial charge is 0.259 e. The van der Waals surface area contributed by atoms with Crippen molar-refractivity contribution in [3.8, 4) is 5.75 Å². The van der Waals surface area contributed by atoms with E-state index in [0.717, 1.165) is 22.6 Å². The Balaban J connectivity index is 1.79. The molecule has 2 rings (SSSR count). The van der Waals surface area contributed by atoms with E-state index in [1.54, 1.807) is 13.3 Å². The number of hydrogen-bond acceptors (Lipinski definition) is 4. The Morgan fingerprint density at radius 1 is 1.18 bits per heavy atom. The SMILES string of the molecule is COc1ccc(C=NNC(=O)CNc2ccccc2C)cc1. The fraction of sp³-hybridized carbons (Fsp3) is 0.176. The molecule has 0 fully saturated rings. The molecule has 2 aromatic rings. The predicted octanol–water partition coefficient (Wildman–Crippen LogP) is 2.57. The van der Waals surface area contributed by atoms with Gasteiger partial charge in [-0.15, -0.1) is 0 Å². The number of hydrogen-bond donors (Lipinski definition) is 2. The zero-order valence-corrected chi connectivity index (χ0v) is 12.7. The summed E-state index contributed by atoms with van der Waals surface area (Å²) >= 11 is 0. The van der Waals surface area contributed by atoms with Gasteiger partial charge in [0.25, 0.3) is 5.91 Å². The molecule has 0 radical (unpaired) electrons. The summed E-state index contributed by atoms with van der Waals surface area (Å²) in [5.74, 6) is 0.580. The fourth-order valence-electron chi connectivity index (χ4n) is 1.86. The van der Waals surface area contributed by atoms with Gasteiger partial charge in [0.2, 0.25) is 0 Å². The minimum Gasteiger partial charge on any atom is -0.497 e. The summed E-state index contributed by atoms with van der Waals surface area (Å²) in [7, 11) is 1.62. The molecule has 0 saturated heterocycles. The Morgan fingerprint density at radius 2 is 1.91 bits per heavy atom. The molecular weight excluding hydrogens is 278 g/mol. The van der Waals surface area contributed by atoms with E-state index in [1.165, 1.54) is 0 Å². The van der Waals surface area contributed by atoms with Crippen molar-refractivity contribution in [2.75, 3.05) is 19.0 Å². The number of ether oxygens (including phenoxy) is 1. The number of carbonyl (C=O) groups is 1. The summed E-state index contributed by atoms with van der Waals surface area (Å²) in [6.07, 6.45) is 1.59. The molecule has 2 N–H and O–H groups in total. The van der Waals surface area contributed by atoms with Crippen molar-refractivity contribution in [1.82, 2.24) is 5.43 Å². The molecule has 0 saturated carbocycles. The third-order valence-electron chi connectivity index (χ3n) is 3.10. The number of nitrogens with one attached hydrogen (secondary N) is 2. The van der Waals surface area contributed by atoms with E-state index in [-0.39, 0.29) is 12.5 Å². The summed E-state index contributed by atoms with van der Waals surface area (Å²) in [5, 5.41) is 7.00. The first-order valence-corrected chi connectivity index (χ1v) is 6.94. The van der Waals surface area contributed by atoms with Crippen molar-refractivity contribution >= 4 is 17.8 Å². The maximum absolute atomic E-state index is 11.7. The Bertz CT molecular complexity index is 651. The van der Waals surface area contributed by atoms with Crippen LogP contribution in [0.1, 0.15) is 11.1 Å². The minimum atomic E-state index is -0.201. The second-order valence-electron chi connectivity index (χ2n) is 4.73. The van der Waals surface area contributed by atoms with Crippen molar-refractivity contribution in [1.29, 1.82) is 0 Å². The molecule has 0 aliphatic carbocycles. The van der Waals surface area contributed by atoms with Gasteiger partial charge in [-0.3, -0.25) is 4.79 Å². The molecular formula is C17H19N3O2. The number of carbonyl (C=O) groups excluding carboxylic acids is 1. The molecule has 1 amide bonds. The van der Waals surface area contributed by atoms with E-state index in [4.69, 9.17) is 4.74 Å². The second kappa shape index (κ2) is 7.83. The highest BCUT2D eigenvalue weighted by Crippen LogP contribution is 2.12. The number of para-hydroxylation sites is 1. The number of hydrazone groups is 1. The van der Waals surface area contributed by atoms with Crippen molar-refractivity contribution < 1.29 is 9.53 Å². The largest absolute Gasteiger partial charge is 0.497 e. The molecule has 22 heavy (non-hydrogen) atoms. The number of rotatable bonds is 6. The quantitative estimate of drug-likeness (QED) is 0.636. The van der Waals surface area contributed by atoms with Gasteiger partial charge in [-0.1, -0.05) is 18.2 Å². The second-order valence-corrected chi connectivity index (χ2v) is 4.73. The molecule has 5 heteroatoms. The monoisotopic (exact) mass is 297 g/mol. The molecule has 0 spiro atoms. The molecule has 0 unspecified atom stereocenters. The fourth-order valence-corrected chi connectivity index (χ4v) is 1.86. The number of anilines is 1. The van der Waals surface area contributed by atoms with E-state index >= 15 is 0 Å². The van der Waals surface area contributed by atoms with Crippen LogP contribution in [0.25, 0.3) is 0 Å². The lowest BCUT2D eigenvalue weighted by Crippen LogP contribution is -2.26. The van der Waals surface area contributed by atoms with Crippen LogP contribution in [0.4, 0.5) is 5.69 Å². The lowest BCUT2D eigenvalue weighted by molar-refractivity contribution is -0.119. The average Bonchev–Trinajstić information content (AvgIpc) is 2.55. The molecule has 0 aliphatic rings. The van der Waals surface area contributed by atoms with Crippen molar-refractivity contribution in [3.05, 3.63) is 59.7 Å². The lowest BCUT2D eigenvalue weighted by Gasteiger charge is -2.07. The van der Waals surface area contributed by atoms with Gasteiger partial charge in [-0.2, -0.15) is 5.10 Å². The van der Waals surface area contributed by atoms with Gasteiger partial charge < -0.3 is 10.1 Å².